The van der Waals surface area contributed by atoms with Crippen molar-refractivity contribution in [3.8, 4) is 0 Å². The van der Waals surface area contributed by atoms with E-state index in [1.54, 1.807) is 0 Å². The number of ether oxygens (including phenoxy) is 2. The first-order chi connectivity index (χ1) is 7.59. The lowest BCUT2D eigenvalue weighted by atomic mass is 9.89. The quantitative estimate of drug-likeness (QED) is 0.495. The van der Waals surface area contributed by atoms with Crippen LogP contribution >= 0.6 is 0 Å². The van der Waals surface area contributed by atoms with E-state index < -0.39 is 37.3 Å². The highest BCUT2D eigenvalue weighted by Crippen LogP contribution is 2.29. The summed E-state index contributed by atoms with van der Waals surface area (Å²) in [6, 6.07) is 0. The van der Waals surface area contributed by atoms with Crippen molar-refractivity contribution >= 4 is 0 Å². The van der Waals surface area contributed by atoms with Gasteiger partial charge in [0.2, 0.25) is 0 Å². The Morgan fingerprint density at radius 3 is 2.12 bits per heavy atom. The summed E-state index contributed by atoms with van der Waals surface area (Å²) in [5, 5.41) is 37.1. The molecule has 0 bridgehead atoms. The minimum absolute atomic E-state index is 0.111. The van der Waals surface area contributed by atoms with Gasteiger partial charge in [-0.05, 0) is 0 Å². The van der Waals surface area contributed by atoms with Gasteiger partial charge in [0.25, 0.3) is 0 Å². The van der Waals surface area contributed by atoms with E-state index in [9.17, 15) is 10.2 Å². The van der Waals surface area contributed by atoms with E-state index in [-0.39, 0.29) is 6.42 Å². The molecule has 0 aromatic heterocycles. The third-order valence-electron chi connectivity index (χ3n) is 2.50. The van der Waals surface area contributed by atoms with Crippen LogP contribution < -0.4 is 0 Å². The summed E-state index contributed by atoms with van der Waals surface area (Å²) in [4.78, 5) is 0. The summed E-state index contributed by atoms with van der Waals surface area (Å²) in [6.45, 7) is 2.84. The van der Waals surface area contributed by atoms with Crippen LogP contribution in [0, 0.1) is 0 Å². The maximum Gasteiger partial charge on any atom is 0.160 e. The molecule has 1 aliphatic rings. The smallest absolute Gasteiger partial charge is 0.160 e. The van der Waals surface area contributed by atoms with Gasteiger partial charge in [-0.1, -0.05) is 13.8 Å². The Morgan fingerprint density at radius 2 is 1.75 bits per heavy atom. The van der Waals surface area contributed by atoms with Crippen molar-refractivity contribution in [2.45, 2.75) is 44.4 Å². The van der Waals surface area contributed by atoms with E-state index in [2.05, 4.69) is 0 Å². The maximum atomic E-state index is 9.55. The Bertz CT molecular complexity index is 182. The van der Waals surface area contributed by atoms with Crippen LogP contribution in [0.5, 0.6) is 0 Å². The molecule has 1 saturated heterocycles. The molecule has 0 spiro atoms. The Hall–Kier alpha value is -0.240. The van der Waals surface area contributed by atoms with Gasteiger partial charge in [0.05, 0.1) is 19.3 Å². The van der Waals surface area contributed by atoms with Crippen LogP contribution in [-0.4, -0.2) is 64.8 Å². The predicted octanol–water partition coefficient (Wildman–Crippen LogP) is -1.15. The van der Waals surface area contributed by atoms with Gasteiger partial charge in [-0.3, -0.25) is 0 Å². The molecule has 1 aliphatic heterocycles. The van der Waals surface area contributed by atoms with Gasteiger partial charge in [-0.2, -0.15) is 0 Å². The number of aliphatic hydroxyl groups excluding tert-OH is 4. The van der Waals surface area contributed by atoms with E-state index in [4.69, 9.17) is 19.7 Å². The predicted molar refractivity (Wildman–Crippen MR) is 56.8 cm³/mol. The molecule has 1 rings (SSSR count). The Labute approximate surface area is 95.4 Å². The van der Waals surface area contributed by atoms with Gasteiger partial charge < -0.3 is 29.9 Å². The topological polar surface area (TPSA) is 99.4 Å². The number of methoxy groups -OCH3 is 1. The molecule has 1 heterocycles. The largest absolute Gasteiger partial charge is 0.393 e. The zero-order valence-corrected chi connectivity index (χ0v) is 9.96. The van der Waals surface area contributed by atoms with Crippen LogP contribution in [0.4, 0.5) is 0 Å². The van der Waals surface area contributed by atoms with Crippen molar-refractivity contribution in [1.82, 2.24) is 0 Å². The first-order valence-corrected chi connectivity index (χ1v) is 5.38. The molecule has 0 saturated carbocycles. The van der Waals surface area contributed by atoms with Gasteiger partial charge >= 0.3 is 0 Å². The van der Waals surface area contributed by atoms with Gasteiger partial charge in [-0.15, -0.1) is 0 Å². The summed E-state index contributed by atoms with van der Waals surface area (Å²) in [5.41, 5.74) is -1.54. The fraction of sp³-hybridized carbons (Fsp3) is 1.00. The highest BCUT2D eigenvalue weighted by atomic mass is 16.7. The zero-order chi connectivity index (χ0) is 12.8. The number of hydrogen-bond donors (Lipinski definition) is 4. The van der Waals surface area contributed by atoms with Crippen LogP contribution in [0.1, 0.15) is 20.3 Å². The molecule has 16 heavy (non-hydrogen) atoms. The molecule has 0 aliphatic carbocycles. The second-order valence-corrected chi connectivity index (χ2v) is 3.41. The first kappa shape index (κ1) is 15.8. The van der Waals surface area contributed by atoms with E-state index >= 15 is 0 Å². The standard InChI is InChI=1S/C8H16O6.C2H6/c1-13-6-2-5(11)7(12)8(3-9,4-10)14-6;1-2/h5-7,9-12H,2-4H2,1H3;1-2H3. The number of aliphatic hydroxyl groups is 4. The average Bonchev–Trinajstić information content (AvgIpc) is 2.35. The van der Waals surface area contributed by atoms with Gasteiger partial charge in [0, 0.05) is 13.5 Å². The fourth-order valence-electron chi connectivity index (χ4n) is 1.51. The lowest BCUT2D eigenvalue weighted by molar-refractivity contribution is -0.304. The van der Waals surface area contributed by atoms with Crippen LogP contribution in [0.25, 0.3) is 0 Å². The third-order valence-corrected chi connectivity index (χ3v) is 2.50. The SMILES string of the molecule is CC.COC1CC(O)C(O)C(CO)(CO)O1. The Balaban J connectivity index is 0.00000106. The Kier molecular flexibility index (Phi) is 7.05. The molecule has 98 valence electrons. The van der Waals surface area contributed by atoms with Crippen molar-refractivity contribution in [2.75, 3.05) is 20.3 Å². The van der Waals surface area contributed by atoms with Gasteiger partial charge in [0.15, 0.2) is 6.29 Å². The van der Waals surface area contributed by atoms with Crippen molar-refractivity contribution in [2.24, 2.45) is 0 Å². The van der Waals surface area contributed by atoms with Gasteiger partial charge in [0.1, 0.15) is 11.7 Å². The van der Waals surface area contributed by atoms with Crippen molar-refractivity contribution < 1.29 is 29.9 Å². The van der Waals surface area contributed by atoms with E-state index in [0.717, 1.165) is 0 Å². The highest BCUT2D eigenvalue weighted by molar-refractivity contribution is 4.95. The van der Waals surface area contributed by atoms with Crippen molar-refractivity contribution in [1.29, 1.82) is 0 Å². The normalized spacial score (nSPS) is 32.8. The van der Waals surface area contributed by atoms with Crippen molar-refractivity contribution in [3.63, 3.8) is 0 Å². The monoisotopic (exact) mass is 238 g/mol. The lowest BCUT2D eigenvalue weighted by Crippen LogP contribution is -2.62. The van der Waals surface area contributed by atoms with Crippen molar-refractivity contribution in [3.05, 3.63) is 0 Å². The molecule has 6 nitrogen and oxygen atoms in total. The molecule has 3 unspecified atom stereocenters. The molecule has 0 aromatic rings. The third kappa shape index (κ3) is 3.13. The van der Waals surface area contributed by atoms with Crippen LogP contribution in [0.3, 0.4) is 0 Å². The van der Waals surface area contributed by atoms with E-state index in [1.807, 2.05) is 13.8 Å². The summed E-state index contributed by atoms with van der Waals surface area (Å²) < 4.78 is 10.0. The Morgan fingerprint density at radius 1 is 1.25 bits per heavy atom. The molecular formula is C10H22O6. The molecule has 1 fully saturated rings. The molecule has 0 aromatic carbocycles. The molecule has 0 amide bonds. The minimum atomic E-state index is -1.54. The summed E-state index contributed by atoms with van der Waals surface area (Å²) >= 11 is 0. The van der Waals surface area contributed by atoms with Gasteiger partial charge in [-0.25, -0.2) is 0 Å². The summed E-state index contributed by atoms with van der Waals surface area (Å²) in [7, 11) is 1.38. The average molecular weight is 238 g/mol. The second-order valence-electron chi connectivity index (χ2n) is 3.41. The van der Waals surface area contributed by atoms with Crippen LogP contribution in [0.2, 0.25) is 0 Å². The zero-order valence-electron chi connectivity index (χ0n) is 9.96. The summed E-state index contributed by atoms with van der Waals surface area (Å²) in [6.07, 6.45) is -3.01. The van der Waals surface area contributed by atoms with Crippen LogP contribution in [-0.2, 0) is 9.47 Å². The highest BCUT2D eigenvalue weighted by Gasteiger charge is 2.48. The minimum Gasteiger partial charge on any atom is -0.393 e. The molecule has 4 N–H and O–H groups in total. The first-order valence-electron chi connectivity index (χ1n) is 5.38. The lowest BCUT2D eigenvalue weighted by Gasteiger charge is -2.44. The maximum absolute atomic E-state index is 9.55. The molecule has 3 atom stereocenters. The molecule has 0 radical (unpaired) electrons. The molecule has 6 heteroatoms. The summed E-state index contributed by atoms with van der Waals surface area (Å²) in [5.74, 6) is 0. The second kappa shape index (κ2) is 7.16. The van der Waals surface area contributed by atoms with Crippen LogP contribution in [0.15, 0.2) is 0 Å². The van der Waals surface area contributed by atoms with E-state index in [0.29, 0.717) is 0 Å². The number of hydrogen-bond acceptors (Lipinski definition) is 6. The van der Waals surface area contributed by atoms with E-state index in [1.165, 1.54) is 7.11 Å². The molecular weight excluding hydrogens is 216 g/mol. The number of rotatable bonds is 3. The fourth-order valence-corrected chi connectivity index (χ4v) is 1.51.